The number of hydrogen-bond donors (Lipinski definition) is 0. The van der Waals surface area contributed by atoms with Crippen LogP contribution in [0.2, 0.25) is 0 Å². The molecule has 0 fully saturated rings. The van der Waals surface area contributed by atoms with Gasteiger partial charge in [0.15, 0.2) is 0 Å². The summed E-state index contributed by atoms with van der Waals surface area (Å²) in [7, 11) is 1.69. The first kappa shape index (κ1) is 8.21. The lowest BCUT2D eigenvalue weighted by Gasteiger charge is -2.10. The highest BCUT2D eigenvalue weighted by molar-refractivity contribution is 5.19. The van der Waals surface area contributed by atoms with Gasteiger partial charge in [-0.05, 0) is 25.5 Å². The minimum absolute atomic E-state index is 0.0937. The zero-order chi connectivity index (χ0) is 8.27. The molecule has 0 saturated carbocycles. The number of ether oxygens (including phenoxy) is 1. The molecule has 1 rings (SSSR count). The lowest BCUT2D eigenvalue weighted by atomic mass is 10.1. The molecule has 0 spiro atoms. The maximum absolute atomic E-state index is 5.15. The van der Waals surface area contributed by atoms with Crippen LogP contribution in [0.1, 0.15) is 24.3 Å². The molecule has 0 amide bonds. The van der Waals surface area contributed by atoms with Crippen molar-refractivity contribution in [2.75, 3.05) is 7.11 Å². The van der Waals surface area contributed by atoms with Gasteiger partial charge in [-0.15, -0.1) is 0 Å². The summed E-state index contributed by atoms with van der Waals surface area (Å²) in [4.78, 5) is 4.22. The van der Waals surface area contributed by atoms with E-state index in [9.17, 15) is 0 Å². The summed E-state index contributed by atoms with van der Waals surface area (Å²) in [5.74, 6) is 0. The van der Waals surface area contributed by atoms with Gasteiger partial charge in [0.2, 0.25) is 0 Å². The van der Waals surface area contributed by atoms with E-state index in [1.54, 1.807) is 13.3 Å². The molecular formula is C9H13NO. The molecule has 0 aliphatic heterocycles. The van der Waals surface area contributed by atoms with Gasteiger partial charge in [-0.1, -0.05) is 6.07 Å². The Hall–Kier alpha value is -0.890. The van der Waals surface area contributed by atoms with Gasteiger partial charge in [-0.2, -0.15) is 0 Å². The van der Waals surface area contributed by atoms with E-state index in [0.29, 0.717) is 0 Å². The van der Waals surface area contributed by atoms with Gasteiger partial charge >= 0.3 is 0 Å². The predicted octanol–water partition coefficient (Wildman–Crippen LogP) is 2.10. The fourth-order valence-electron chi connectivity index (χ4n) is 1.04. The Bertz CT molecular complexity index is 235. The van der Waals surface area contributed by atoms with Crippen molar-refractivity contribution >= 4 is 0 Å². The van der Waals surface area contributed by atoms with Gasteiger partial charge in [0.1, 0.15) is 0 Å². The first-order valence-electron chi connectivity index (χ1n) is 3.70. The highest BCUT2D eigenvalue weighted by Crippen LogP contribution is 2.15. The number of methoxy groups -OCH3 is 1. The molecule has 0 radical (unpaired) electrons. The third kappa shape index (κ3) is 1.77. The second-order valence-electron chi connectivity index (χ2n) is 2.58. The Morgan fingerprint density at radius 1 is 1.55 bits per heavy atom. The summed E-state index contributed by atoms with van der Waals surface area (Å²) in [6.45, 7) is 4.03. The quantitative estimate of drug-likeness (QED) is 0.645. The van der Waals surface area contributed by atoms with Crippen molar-refractivity contribution in [3.63, 3.8) is 0 Å². The van der Waals surface area contributed by atoms with E-state index in [-0.39, 0.29) is 6.10 Å². The van der Waals surface area contributed by atoms with Crippen LogP contribution in [0.3, 0.4) is 0 Å². The lowest BCUT2D eigenvalue weighted by Crippen LogP contribution is -2.00. The number of hydrogen-bond acceptors (Lipinski definition) is 2. The first-order chi connectivity index (χ1) is 5.25. The van der Waals surface area contributed by atoms with Crippen LogP contribution < -0.4 is 0 Å². The minimum atomic E-state index is 0.0937. The highest BCUT2D eigenvalue weighted by Gasteiger charge is 2.06. The highest BCUT2D eigenvalue weighted by atomic mass is 16.5. The summed E-state index contributed by atoms with van der Waals surface area (Å²) < 4.78 is 5.15. The number of nitrogens with zero attached hydrogens (tertiary/aromatic N) is 1. The summed E-state index contributed by atoms with van der Waals surface area (Å²) in [5.41, 5.74) is 2.21. The van der Waals surface area contributed by atoms with Crippen molar-refractivity contribution in [2.45, 2.75) is 20.0 Å². The van der Waals surface area contributed by atoms with E-state index in [1.807, 2.05) is 26.0 Å². The number of aryl methyl sites for hydroxylation is 1. The molecule has 60 valence electrons. The SMILES string of the molecule is COC(C)c1ncccc1C. The minimum Gasteiger partial charge on any atom is -0.375 e. The van der Waals surface area contributed by atoms with Crippen LogP contribution in [-0.2, 0) is 4.74 Å². The maximum atomic E-state index is 5.15. The molecule has 2 heteroatoms. The molecule has 1 aromatic rings. The van der Waals surface area contributed by atoms with Crippen LogP contribution in [-0.4, -0.2) is 12.1 Å². The zero-order valence-corrected chi connectivity index (χ0v) is 7.16. The molecule has 2 nitrogen and oxygen atoms in total. The molecule has 1 heterocycles. The molecule has 11 heavy (non-hydrogen) atoms. The lowest BCUT2D eigenvalue weighted by molar-refractivity contribution is 0.115. The Kier molecular flexibility index (Phi) is 2.60. The number of pyridine rings is 1. The van der Waals surface area contributed by atoms with Crippen LogP contribution in [0.15, 0.2) is 18.3 Å². The molecule has 0 saturated heterocycles. The molecule has 1 unspecified atom stereocenters. The molecule has 0 bridgehead atoms. The third-order valence-electron chi connectivity index (χ3n) is 1.79. The van der Waals surface area contributed by atoms with Gasteiger partial charge < -0.3 is 4.74 Å². The van der Waals surface area contributed by atoms with E-state index < -0.39 is 0 Å². The van der Waals surface area contributed by atoms with Crippen LogP contribution in [0.25, 0.3) is 0 Å². The van der Waals surface area contributed by atoms with Crippen molar-refractivity contribution in [1.29, 1.82) is 0 Å². The van der Waals surface area contributed by atoms with E-state index in [2.05, 4.69) is 4.98 Å². The van der Waals surface area contributed by atoms with Gasteiger partial charge in [-0.25, -0.2) is 0 Å². The van der Waals surface area contributed by atoms with Crippen molar-refractivity contribution in [3.05, 3.63) is 29.6 Å². The molecular weight excluding hydrogens is 138 g/mol. The Labute approximate surface area is 67.2 Å². The first-order valence-corrected chi connectivity index (χ1v) is 3.70. The predicted molar refractivity (Wildman–Crippen MR) is 44.4 cm³/mol. The van der Waals surface area contributed by atoms with Crippen LogP contribution in [0, 0.1) is 6.92 Å². The van der Waals surface area contributed by atoms with Crippen LogP contribution in [0.5, 0.6) is 0 Å². The largest absolute Gasteiger partial charge is 0.375 e. The molecule has 0 aliphatic rings. The molecule has 0 N–H and O–H groups in total. The number of rotatable bonds is 2. The zero-order valence-electron chi connectivity index (χ0n) is 7.16. The second-order valence-corrected chi connectivity index (χ2v) is 2.58. The standard InChI is InChI=1S/C9H13NO/c1-7-5-4-6-10-9(7)8(2)11-3/h4-6,8H,1-3H3. The monoisotopic (exact) mass is 151 g/mol. The molecule has 0 aliphatic carbocycles. The summed E-state index contributed by atoms with van der Waals surface area (Å²) in [5, 5.41) is 0. The van der Waals surface area contributed by atoms with Crippen LogP contribution >= 0.6 is 0 Å². The summed E-state index contributed by atoms with van der Waals surface area (Å²) in [6, 6.07) is 3.97. The van der Waals surface area contributed by atoms with E-state index in [4.69, 9.17) is 4.74 Å². The van der Waals surface area contributed by atoms with E-state index >= 15 is 0 Å². The van der Waals surface area contributed by atoms with Gasteiger partial charge in [-0.3, -0.25) is 4.98 Å². The van der Waals surface area contributed by atoms with Crippen molar-refractivity contribution in [3.8, 4) is 0 Å². The molecule has 1 aromatic heterocycles. The Balaban J connectivity index is 2.93. The fraction of sp³-hybridized carbons (Fsp3) is 0.444. The summed E-state index contributed by atoms with van der Waals surface area (Å²) in [6.07, 6.45) is 1.88. The number of aromatic nitrogens is 1. The van der Waals surface area contributed by atoms with Crippen molar-refractivity contribution in [1.82, 2.24) is 4.98 Å². The van der Waals surface area contributed by atoms with Crippen molar-refractivity contribution < 1.29 is 4.74 Å². The van der Waals surface area contributed by atoms with Crippen molar-refractivity contribution in [2.24, 2.45) is 0 Å². The van der Waals surface area contributed by atoms with Gasteiger partial charge in [0.25, 0.3) is 0 Å². The Morgan fingerprint density at radius 3 is 2.82 bits per heavy atom. The second kappa shape index (κ2) is 3.49. The van der Waals surface area contributed by atoms with E-state index in [0.717, 1.165) is 5.69 Å². The smallest absolute Gasteiger partial charge is 0.0965 e. The third-order valence-corrected chi connectivity index (χ3v) is 1.79. The Morgan fingerprint density at radius 2 is 2.27 bits per heavy atom. The summed E-state index contributed by atoms with van der Waals surface area (Å²) >= 11 is 0. The maximum Gasteiger partial charge on any atom is 0.0965 e. The topological polar surface area (TPSA) is 22.1 Å². The normalized spacial score (nSPS) is 13.0. The van der Waals surface area contributed by atoms with Gasteiger partial charge in [0, 0.05) is 13.3 Å². The van der Waals surface area contributed by atoms with E-state index in [1.165, 1.54) is 5.56 Å². The fourth-order valence-corrected chi connectivity index (χ4v) is 1.04. The average Bonchev–Trinajstić information content (AvgIpc) is 2.04. The average molecular weight is 151 g/mol. The van der Waals surface area contributed by atoms with Crippen LogP contribution in [0.4, 0.5) is 0 Å². The van der Waals surface area contributed by atoms with Gasteiger partial charge in [0.05, 0.1) is 11.8 Å². The molecule has 0 aromatic carbocycles. The molecule has 1 atom stereocenters.